The Morgan fingerprint density at radius 2 is 1.56 bits per heavy atom. The van der Waals surface area contributed by atoms with Crippen LogP contribution in [-0.4, -0.2) is 32.4 Å². The van der Waals surface area contributed by atoms with E-state index >= 15 is 0 Å². The maximum atomic E-state index is 11.4. The SMILES string of the molecule is COc1cc(C=C2C(C)=C(CC(=O)O)c3cc(OC)ccc32)cc(OC)c1. The highest BCUT2D eigenvalue weighted by Crippen LogP contribution is 2.45. The van der Waals surface area contributed by atoms with Crippen LogP contribution in [0.15, 0.2) is 42.0 Å². The van der Waals surface area contributed by atoms with E-state index in [0.717, 1.165) is 33.4 Å². The summed E-state index contributed by atoms with van der Waals surface area (Å²) in [5.74, 6) is 1.24. The summed E-state index contributed by atoms with van der Waals surface area (Å²) in [6.45, 7) is 1.95. The van der Waals surface area contributed by atoms with Crippen LogP contribution in [-0.2, 0) is 4.79 Å². The van der Waals surface area contributed by atoms with Gasteiger partial charge in [-0.25, -0.2) is 0 Å². The molecule has 0 saturated carbocycles. The van der Waals surface area contributed by atoms with Crippen LogP contribution in [0.4, 0.5) is 0 Å². The topological polar surface area (TPSA) is 65.0 Å². The number of fused-ring (bicyclic) bond motifs is 1. The molecule has 0 aliphatic heterocycles. The van der Waals surface area contributed by atoms with Gasteiger partial charge in [-0.05, 0) is 70.7 Å². The van der Waals surface area contributed by atoms with Crippen LogP contribution in [0.1, 0.15) is 30.0 Å². The first kappa shape index (κ1) is 18.6. The summed E-state index contributed by atoms with van der Waals surface area (Å²) < 4.78 is 16.0. The van der Waals surface area contributed by atoms with Crippen molar-refractivity contribution >= 4 is 23.2 Å². The number of methoxy groups -OCH3 is 3. The minimum absolute atomic E-state index is 0.0369. The second kappa shape index (κ2) is 7.58. The zero-order valence-corrected chi connectivity index (χ0v) is 15.8. The van der Waals surface area contributed by atoms with Crippen LogP contribution in [0.3, 0.4) is 0 Å². The standard InChI is InChI=1S/C22H22O5/c1-13-19(9-14-7-16(26-3)10-17(8-14)27-4)18-6-5-15(25-2)11-21(18)20(13)12-22(23)24/h5-11H,12H2,1-4H3,(H,23,24). The molecule has 27 heavy (non-hydrogen) atoms. The van der Waals surface area contributed by atoms with E-state index < -0.39 is 5.97 Å². The van der Waals surface area contributed by atoms with Crippen molar-refractivity contribution in [2.24, 2.45) is 0 Å². The first-order valence-electron chi connectivity index (χ1n) is 8.52. The third-order valence-corrected chi connectivity index (χ3v) is 4.71. The zero-order valence-electron chi connectivity index (χ0n) is 15.8. The van der Waals surface area contributed by atoms with Gasteiger partial charge in [-0.1, -0.05) is 6.07 Å². The van der Waals surface area contributed by atoms with Crippen molar-refractivity contribution in [1.29, 1.82) is 0 Å². The van der Waals surface area contributed by atoms with Crippen LogP contribution >= 0.6 is 0 Å². The second-order valence-corrected chi connectivity index (χ2v) is 6.29. The van der Waals surface area contributed by atoms with Gasteiger partial charge in [0.25, 0.3) is 0 Å². The molecule has 140 valence electrons. The molecule has 5 nitrogen and oxygen atoms in total. The van der Waals surface area contributed by atoms with Gasteiger partial charge in [-0.15, -0.1) is 0 Å². The quantitative estimate of drug-likeness (QED) is 0.815. The van der Waals surface area contributed by atoms with E-state index in [9.17, 15) is 9.90 Å². The molecule has 0 unspecified atom stereocenters. The summed E-state index contributed by atoms with van der Waals surface area (Å²) in [4.78, 5) is 11.4. The van der Waals surface area contributed by atoms with Crippen molar-refractivity contribution in [2.45, 2.75) is 13.3 Å². The van der Waals surface area contributed by atoms with Crippen molar-refractivity contribution in [2.75, 3.05) is 21.3 Å². The number of rotatable bonds is 6. The van der Waals surface area contributed by atoms with Crippen LogP contribution in [0.2, 0.25) is 0 Å². The summed E-state index contributed by atoms with van der Waals surface area (Å²) in [5, 5.41) is 9.34. The summed E-state index contributed by atoms with van der Waals surface area (Å²) in [5.41, 5.74) is 5.54. The highest BCUT2D eigenvalue weighted by Gasteiger charge is 2.25. The summed E-state index contributed by atoms with van der Waals surface area (Å²) in [6, 6.07) is 11.4. The fourth-order valence-corrected chi connectivity index (χ4v) is 3.35. The maximum Gasteiger partial charge on any atom is 0.307 e. The summed E-state index contributed by atoms with van der Waals surface area (Å²) in [6.07, 6.45) is 1.99. The Kier molecular flexibility index (Phi) is 5.21. The molecule has 0 saturated heterocycles. The molecule has 1 N–H and O–H groups in total. The fourth-order valence-electron chi connectivity index (χ4n) is 3.35. The van der Waals surface area contributed by atoms with E-state index in [0.29, 0.717) is 17.2 Å². The number of carboxylic acid groups (broad SMARTS) is 1. The average molecular weight is 366 g/mol. The average Bonchev–Trinajstić information content (AvgIpc) is 2.92. The van der Waals surface area contributed by atoms with Gasteiger partial charge in [0.1, 0.15) is 17.2 Å². The van der Waals surface area contributed by atoms with Gasteiger partial charge >= 0.3 is 5.97 Å². The highest BCUT2D eigenvalue weighted by atomic mass is 16.5. The number of ether oxygens (including phenoxy) is 3. The van der Waals surface area contributed by atoms with E-state index in [1.54, 1.807) is 21.3 Å². The number of aliphatic carboxylic acids is 1. The van der Waals surface area contributed by atoms with Crippen molar-refractivity contribution in [3.05, 3.63) is 58.7 Å². The molecule has 0 atom stereocenters. The normalized spacial score (nSPS) is 14.3. The Balaban J connectivity index is 2.17. The number of benzene rings is 2. The molecule has 0 bridgehead atoms. The number of allylic oxidation sites excluding steroid dienone is 2. The molecular weight excluding hydrogens is 344 g/mol. The molecule has 1 aliphatic rings. The van der Waals surface area contributed by atoms with Crippen LogP contribution in [0.25, 0.3) is 17.2 Å². The Hall–Kier alpha value is -3.21. The van der Waals surface area contributed by atoms with Crippen LogP contribution in [0.5, 0.6) is 17.2 Å². The van der Waals surface area contributed by atoms with Crippen molar-refractivity contribution in [1.82, 2.24) is 0 Å². The minimum Gasteiger partial charge on any atom is -0.497 e. The van der Waals surface area contributed by atoms with E-state index in [2.05, 4.69) is 0 Å². The van der Waals surface area contributed by atoms with Crippen molar-refractivity contribution in [3.8, 4) is 17.2 Å². The largest absolute Gasteiger partial charge is 0.497 e. The predicted molar refractivity (Wildman–Crippen MR) is 105 cm³/mol. The van der Waals surface area contributed by atoms with Gasteiger partial charge < -0.3 is 19.3 Å². The zero-order chi connectivity index (χ0) is 19.6. The lowest BCUT2D eigenvalue weighted by Gasteiger charge is -2.09. The molecular formula is C22H22O5. The Bertz CT molecular complexity index is 931. The number of hydrogen-bond donors (Lipinski definition) is 1. The van der Waals surface area contributed by atoms with Crippen LogP contribution in [0, 0.1) is 0 Å². The van der Waals surface area contributed by atoms with Gasteiger partial charge in [-0.3, -0.25) is 4.79 Å². The van der Waals surface area contributed by atoms with Gasteiger partial charge in [-0.2, -0.15) is 0 Å². The molecule has 3 rings (SSSR count). The first-order valence-corrected chi connectivity index (χ1v) is 8.52. The Morgan fingerprint density at radius 1 is 0.926 bits per heavy atom. The molecule has 0 fully saturated rings. The molecule has 0 aromatic heterocycles. The molecule has 0 radical (unpaired) electrons. The molecule has 1 aliphatic carbocycles. The first-order chi connectivity index (χ1) is 13.0. The van der Waals surface area contributed by atoms with Crippen molar-refractivity contribution in [3.63, 3.8) is 0 Å². The van der Waals surface area contributed by atoms with Gasteiger partial charge in [0, 0.05) is 6.07 Å². The molecule has 0 spiro atoms. The fraction of sp³-hybridized carbons (Fsp3) is 0.227. The highest BCUT2D eigenvalue weighted by molar-refractivity contribution is 6.07. The van der Waals surface area contributed by atoms with E-state index in [-0.39, 0.29) is 6.42 Å². The van der Waals surface area contributed by atoms with Crippen molar-refractivity contribution < 1.29 is 24.1 Å². The predicted octanol–water partition coefficient (Wildman–Crippen LogP) is 4.51. The molecule has 2 aromatic rings. The minimum atomic E-state index is -0.859. The van der Waals surface area contributed by atoms with E-state index in [4.69, 9.17) is 14.2 Å². The number of carbonyl (C=O) groups is 1. The van der Waals surface area contributed by atoms with E-state index in [1.165, 1.54) is 0 Å². The van der Waals surface area contributed by atoms with Crippen LogP contribution < -0.4 is 14.2 Å². The summed E-state index contributed by atoms with van der Waals surface area (Å²) in [7, 11) is 4.82. The number of hydrogen-bond acceptors (Lipinski definition) is 4. The Morgan fingerprint density at radius 3 is 2.11 bits per heavy atom. The van der Waals surface area contributed by atoms with Gasteiger partial charge in [0.2, 0.25) is 0 Å². The lowest BCUT2D eigenvalue weighted by molar-refractivity contribution is -0.135. The second-order valence-electron chi connectivity index (χ2n) is 6.29. The molecule has 0 amide bonds. The van der Waals surface area contributed by atoms with Gasteiger partial charge in [0.15, 0.2) is 0 Å². The monoisotopic (exact) mass is 366 g/mol. The molecule has 5 heteroatoms. The van der Waals surface area contributed by atoms with E-state index in [1.807, 2.05) is 49.4 Å². The van der Waals surface area contributed by atoms with Gasteiger partial charge in [0.05, 0.1) is 27.8 Å². The third-order valence-electron chi connectivity index (χ3n) is 4.71. The Labute approximate surface area is 158 Å². The molecule has 0 heterocycles. The summed E-state index contributed by atoms with van der Waals surface area (Å²) >= 11 is 0. The smallest absolute Gasteiger partial charge is 0.307 e. The third kappa shape index (κ3) is 3.67. The lowest BCUT2D eigenvalue weighted by atomic mass is 10.00. The number of carboxylic acids is 1. The lowest BCUT2D eigenvalue weighted by Crippen LogP contribution is -1.97. The maximum absolute atomic E-state index is 11.4. The molecule has 2 aromatic carbocycles.